The summed E-state index contributed by atoms with van der Waals surface area (Å²) < 4.78 is 5.80. The van der Waals surface area contributed by atoms with Crippen molar-refractivity contribution in [1.82, 2.24) is 0 Å². The summed E-state index contributed by atoms with van der Waals surface area (Å²) in [6.45, 7) is 0. The lowest BCUT2D eigenvalue weighted by molar-refractivity contribution is -0.112. The molecule has 2 rings (SSSR count). The van der Waals surface area contributed by atoms with Gasteiger partial charge in [0.05, 0.1) is 22.8 Å². The molecule has 2 N–H and O–H groups in total. The SMILES string of the molecule is COc1ccc(/C=C(\C#N)C(=O)Nc2ccccc2C(=O)O)cc1Br. The Labute approximate surface area is 152 Å². The van der Waals surface area contributed by atoms with Gasteiger partial charge in [-0.2, -0.15) is 5.26 Å². The number of aromatic carboxylic acids is 1. The number of hydrogen-bond donors (Lipinski definition) is 2. The molecule has 0 aliphatic heterocycles. The third-order valence-electron chi connectivity index (χ3n) is 3.26. The van der Waals surface area contributed by atoms with Gasteiger partial charge in [0.2, 0.25) is 0 Å². The maximum atomic E-state index is 12.3. The molecule has 6 nitrogen and oxygen atoms in total. The molecule has 0 fully saturated rings. The van der Waals surface area contributed by atoms with E-state index in [4.69, 9.17) is 9.84 Å². The maximum absolute atomic E-state index is 12.3. The molecule has 0 aromatic heterocycles. The lowest BCUT2D eigenvalue weighted by Crippen LogP contribution is -2.16. The standard InChI is InChI=1S/C18H13BrN2O4/c1-25-16-7-6-11(9-14(16)19)8-12(10-20)17(22)21-15-5-3-2-4-13(15)18(23)24/h2-9H,1H3,(H,21,22)(H,23,24)/b12-8+. The molecule has 0 saturated heterocycles. The molecule has 2 aromatic rings. The highest BCUT2D eigenvalue weighted by Gasteiger charge is 2.15. The van der Waals surface area contributed by atoms with Crippen LogP contribution in [-0.2, 0) is 4.79 Å². The molecule has 0 spiro atoms. The van der Waals surface area contributed by atoms with E-state index in [2.05, 4.69) is 21.2 Å². The van der Waals surface area contributed by atoms with Crippen molar-refractivity contribution in [3.05, 3.63) is 63.6 Å². The van der Waals surface area contributed by atoms with E-state index < -0.39 is 11.9 Å². The molecule has 0 heterocycles. The number of nitrogens with zero attached hydrogens (tertiary/aromatic N) is 1. The fraction of sp³-hybridized carbons (Fsp3) is 0.0556. The fourth-order valence-electron chi connectivity index (χ4n) is 2.06. The van der Waals surface area contributed by atoms with E-state index in [1.54, 1.807) is 30.3 Å². The predicted molar refractivity (Wildman–Crippen MR) is 96.3 cm³/mol. The molecular weight excluding hydrogens is 388 g/mol. The molecule has 0 atom stereocenters. The number of carboxylic acids is 1. The summed E-state index contributed by atoms with van der Waals surface area (Å²) in [6.07, 6.45) is 1.41. The first kappa shape index (κ1) is 18.2. The number of rotatable bonds is 5. The maximum Gasteiger partial charge on any atom is 0.337 e. The van der Waals surface area contributed by atoms with Gasteiger partial charge >= 0.3 is 5.97 Å². The highest BCUT2D eigenvalue weighted by atomic mass is 79.9. The zero-order chi connectivity index (χ0) is 18.4. The number of ether oxygens (including phenoxy) is 1. The van der Waals surface area contributed by atoms with Crippen LogP contribution in [0.1, 0.15) is 15.9 Å². The normalized spacial score (nSPS) is 10.7. The Kier molecular flexibility index (Phi) is 5.93. The number of amides is 1. The molecular formula is C18H13BrN2O4. The highest BCUT2D eigenvalue weighted by Crippen LogP contribution is 2.26. The van der Waals surface area contributed by atoms with Crippen LogP contribution in [0.15, 0.2) is 52.5 Å². The average molecular weight is 401 g/mol. The van der Waals surface area contributed by atoms with Crippen molar-refractivity contribution in [3.63, 3.8) is 0 Å². The van der Waals surface area contributed by atoms with Crippen LogP contribution in [0.2, 0.25) is 0 Å². The molecule has 7 heteroatoms. The Morgan fingerprint density at radius 2 is 2.00 bits per heavy atom. The van der Waals surface area contributed by atoms with Gasteiger partial charge in [0, 0.05) is 0 Å². The van der Waals surface area contributed by atoms with Crippen LogP contribution in [0.3, 0.4) is 0 Å². The van der Waals surface area contributed by atoms with Gasteiger partial charge in [-0.05, 0) is 51.8 Å². The van der Waals surface area contributed by atoms with Crippen LogP contribution >= 0.6 is 15.9 Å². The van der Waals surface area contributed by atoms with E-state index >= 15 is 0 Å². The number of anilines is 1. The van der Waals surface area contributed by atoms with Crippen LogP contribution in [0.25, 0.3) is 6.08 Å². The zero-order valence-electron chi connectivity index (χ0n) is 13.1. The van der Waals surface area contributed by atoms with Crippen molar-refractivity contribution < 1.29 is 19.4 Å². The molecule has 0 bridgehead atoms. The smallest absolute Gasteiger partial charge is 0.337 e. The van der Waals surface area contributed by atoms with Gasteiger partial charge in [-0.25, -0.2) is 4.79 Å². The molecule has 0 radical (unpaired) electrons. The zero-order valence-corrected chi connectivity index (χ0v) is 14.7. The van der Waals surface area contributed by atoms with E-state index in [0.29, 0.717) is 15.8 Å². The van der Waals surface area contributed by atoms with Gasteiger partial charge in [-0.1, -0.05) is 18.2 Å². The van der Waals surface area contributed by atoms with E-state index in [-0.39, 0.29) is 16.8 Å². The molecule has 0 aliphatic carbocycles. The van der Waals surface area contributed by atoms with Crippen LogP contribution in [0.4, 0.5) is 5.69 Å². The van der Waals surface area contributed by atoms with Crippen molar-refractivity contribution in [2.45, 2.75) is 0 Å². The quantitative estimate of drug-likeness (QED) is 0.588. The average Bonchev–Trinajstić information content (AvgIpc) is 2.60. The van der Waals surface area contributed by atoms with Crippen LogP contribution in [0.5, 0.6) is 5.75 Å². The molecule has 0 saturated carbocycles. The summed E-state index contributed by atoms with van der Waals surface area (Å²) in [5.41, 5.74) is 0.528. The van der Waals surface area contributed by atoms with E-state index in [1.165, 1.54) is 25.3 Å². The van der Waals surface area contributed by atoms with Crippen molar-refractivity contribution in [3.8, 4) is 11.8 Å². The van der Waals surface area contributed by atoms with Gasteiger partial charge in [-0.15, -0.1) is 0 Å². The van der Waals surface area contributed by atoms with E-state index in [1.807, 2.05) is 6.07 Å². The number of hydrogen-bond acceptors (Lipinski definition) is 4. The Morgan fingerprint density at radius 3 is 2.60 bits per heavy atom. The summed E-state index contributed by atoms with van der Waals surface area (Å²) >= 11 is 3.33. The Morgan fingerprint density at radius 1 is 1.28 bits per heavy atom. The molecule has 25 heavy (non-hydrogen) atoms. The largest absolute Gasteiger partial charge is 0.496 e. The first-order valence-corrected chi connectivity index (χ1v) is 7.84. The van der Waals surface area contributed by atoms with Gasteiger partial charge in [-0.3, -0.25) is 4.79 Å². The van der Waals surface area contributed by atoms with Crippen molar-refractivity contribution in [1.29, 1.82) is 5.26 Å². The number of benzene rings is 2. The number of carboxylic acid groups (broad SMARTS) is 1. The Bertz CT molecular complexity index is 900. The lowest BCUT2D eigenvalue weighted by atomic mass is 10.1. The number of carbonyl (C=O) groups is 2. The second-order valence-corrected chi connectivity index (χ2v) is 5.72. The van der Waals surface area contributed by atoms with Crippen molar-refractivity contribution in [2.75, 3.05) is 12.4 Å². The van der Waals surface area contributed by atoms with Gasteiger partial charge in [0.15, 0.2) is 0 Å². The second-order valence-electron chi connectivity index (χ2n) is 4.87. The van der Waals surface area contributed by atoms with Gasteiger partial charge < -0.3 is 15.2 Å². The second kappa shape index (κ2) is 8.13. The minimum absolute atomic E-state index is 0.0552. The minimum atomic E-state index is -1.17. The van der Waals surface area contributed by atoms with Crippen molar-refractivity contribution >= 4 is 39.6 Å². The molecule has 0 aliphatic rings. The van der Waals surface area contributed by atoms with Crippen molar-refractivity contribution in [2.24, 2.45) is 0 Å². The topological polar surface area (TPSA) is 99.4 Å². The Hall–Kier alpha value is -3.11. The summed E-state index contributed by atoms with van der Waals surface area (Å²) in [7, 11) is 1.53. The number of methoxy groups -OCH3 is 1. The number of nitriles is 1. The number of para-hydroxylation sites is 1. The van der Waals surface area contributed by atoms with E-state index in [0.717, 1.165) is 0 Å². The van der Waals surface area contributed by atoms with Crippen LogP contribution in [-0.4, -0.2) is 24.1 Å². The van der Waals surface area contributed by atoms with Crippen LogP contribution < -0.4 is 10.1 Å². The molecule has 2 aromatic carbocycles. The molecule has 0 unspecified atom stereocenters. The number of carbonyl (C=O) groups excluding carboxylic acids is 1. The first-order chi connectivity index (χ1) is 12.0. The lowest BCUT2D eigenvalue weighted by Gasteiger charge is -2.08. The highest BCUT2D eigenvalue weighted by molar-refractivity contribution is 9.10. The monoisotopic (exact) mass is 400 g/mol. The predicted octanol–water partition coefficient (Wildman–Crippen LogP) is 3.70. The van der Waals surface area contributed by atoms with E-state index in [9.17, 15) is 14.9 Å². The Balaban J connectivity index is 2.29. The van der Waals surface area contributed by atoms with Crippen LogP contribution in [0, 0.1) is 11.3 Å². The number of nitrogens with one attached hydrogen (secondary N) is 1. The summed E-state index contributed by atoms with van der Waals surface area (Å²) in [4.78, 5) is 23.5. The minimum Gasteiger partial charge on any atom is -0.496 e. The summed E-state index contributed by atoms with van der Waals surface area (Å²) in [5, 5.41) is 20.8. The first-order valence-electron chi connectivity index (χ1n) is 7.05. The fourth-order valence-corrected chi connectivity index (χ4v) is 2.61. The summed E-state index contributed by atoms with van der Waals surface area (Å²) in [6, 6.07) is 12.9. The summed E-state index contributed by atoms with van der Waals surface area (Å²) in [5.74, 6) is -1.24. The van der Waals surface area contributed by atoms with Gasteiger partial charge in [0.1, 0.15) is 17.4 Å². The van der Waals surface area contributed by atoms with Gasteiger partial charge in [0.25, 0.3) is 5.91 Å². The number of halogens is 1. The molecule has 1 amide bonds. The third kappa shape index (κ3) is 4.46. The third-order valence-corrected chi connectivity index (χ3v) is 3.88. The molecule has 126 valence electrons.